The Morgan fingerprint density at radius 2 is 1.59 bits per heavy atom. The molecule has 0 aliphatic carbocycles. The van der Waals surface area contributed by atoms with Crippen LogP contribution in [0.4, 0.5) is 0 Å². The van der Waals surface area contributed by atoms with E-state index in [9.17, 15) is 9.59 Å². The summed E-state index contributed by atoms with van der Waals surface area (Å²) in [4.78, 5) is 30.6. The number of para-hydroxylation sites is 1. The number of hydrogen-bond donors (Lipinski definition) is 2. The Balaban J connectivity index is 1.55. The van der Waals surface area contributed by atoms with Crippen LogP contribution in [-0.2, 0) is 11.3 Å². The van der Waals surface area contributed by atoms with Gasteiger partial charge in [0.25, 0.3) is 11.8 Å². The number of aromatic nitrogens is 3. The summed E-state index contributed by atoms with van der Waals surface area (Å²) in [5.41, 5.74) is 4.44. The number of carbonyl (C=O) groups excluding carboxylic acids is 2. The van der Waals surface area contributed by atoms with Crippen LogP contribution in [0.1, 0.15) is 21.5 Å². The first-order valence-electron chi connectivity index (χ1n) is 12.2. The van der Waals surface area contributed by atoms with Gasteiger partial charge in [0, 0.05) is 46.3 Å². The first kappa shape index (κ1) is 25.8. The molecule has 2 aromatic heterocycles. The molecule has 0 bridgehead atoms. The van der Waals surface area contributed by atoms with Crippen LogP contribution in [0.15, 0.2) is 126 Å². The van der Waals surface area contributed by atoms with Crippen molar-refractivity contribution < 1.29 is 9.59 Å². The Labute approximate surface area is 234 Å². The van der Waals surface area contributed by atoms with E-state index in [-0.39, 0.29) is 18.1 Å². The van der Waals surface area contributed by atoms with Crippen LogP contribution in [0.3, 0.4) is 0 Å². The lowest BCUT2D eigenvalue weighted by Crippen LogP contribution is -2.34. The molecule has 39 heavy (non-hydrogen) atoms. The van der Waals surface area contributed by atoms with Gasteiger partial charge in [0.2, 0.25) is 0 Å². The fourth-order valence-electron chi connectivity index (χ4n) is 3.92. The third-order valence-electron chi connectivity index (χ3n) is 5.89. The van der Waals surface area contributed by atoms with Crippen molar-refractivity contribution in [3.8, 4) is 16.9 Å². The maximum atomic E-state index is 13.4. The van der Waals surface area contributed by atoms with Crippen molar-refractivity contribution in [2.24, 2.45) is 0 Å². The molecule has 5 rings (SSSR count). The van der Waals surface area contributed by atoms with Gasteiger partial charge < -0.3 is 10.6 Å². The van der Waals surface area contributed by atoms with Crippen molar-refractivity contribution >= 4 is 33.8 Å². The van der Waals surface area contributed by atoms with E-state index in [1.807, 2.05) is 72.9 Å². The lowest BCUT2D eigenvalue weighted by Gasteiger charge is -2.11. The van der Waals surface area contributed by atoms with E-state index in [1.165, 1.54) is 0 Å². The maximum absolute atomic E-state index is 13.4. The Morgan fingerprint density at radius 3 is 2.28 bits per heavy atom. The summed E-state index contributed by atoms with van der Waals surface area (Å²) in [6.45, 7) is 0.258. The van der Waals surface area contributed by atoms with Crippen LogP contribution < -0.4 is 10.6 Å². The van der Waals surface area contributed by atoms with Crippen molar-refractivity contribution in [2.75, 3.05) is 0 Å². The minimum Gasteiger partial charge on any atom is -0.347 e. The highest BCUT2D eigenvalue weighted by atomic mass is 79.9. The van der Waals surface area contributed by atoms with Gasteiger partial charge in [-0.2, -0.15) is 5.10 Å². The first-order valence-corrected chi connectivity index (χ1v) is 13.0. The predicted molar refractivity (Wildman–Crippen MR) is 155 cm³/mol. The minimum absolute atomic E-state index is 0.0960. The summed E-state index contributed by atoms with van der Waals surface area (Å²) >= 11 is 3.48. The van der Waals surface area contributed by atoms with Crippen molar-refractivity contribution in [2.45, 2.75) is 6.54 Å². The molecule has 0 unspecified atom stereocenters. The Morgan fingerprint density at radius 1 is 0.872 bits per heavy atom. The van der Waals surface area contributed by atoms with Gasteiger partial charge in [-0.05, 0) is 54.1 Å². The molecule has 0 aliphatic rings. The number of hydrogen-bond acceptors (Lipinski definition) is 4. The van der Waals surface area contributed by atoms with Crippen molar-refractivity contribution in [1.29, 1.82) is 0 Å². The van der Waals surface area contributed by atoms with E-state index >= 15 is 0 Å². The summed E-state index contributed by atoms with van der Waals surface area (Å²) in [7, 11) is 0. The van der Waals surface area contributed by atoms with E-state index < -0.39 is 5.91 Å². The van der Waals surface area contributed by atoms with Gasteiger partial charge in [-0.3, -0.25) is 14.6 Å². The molecule has 0 aliphatic heterocycles. The SMILES string of the molecule is O=C(NCc1cccnc1)/C(=C/c1cn(-c2ccccc2)nc1-c1ccc(Br)cc1)NC(=O)c1ccccc1. The van der Waals surface area contributed by atoms with Gasteiger partial charge in [-0.25, -0.2) is 4.68 Å². The van der Waals surface area contributed by atoms with Gasteiger partial charge in [0.1, 0.15) is 11.4 Å². The molecule has 2 heterocycles. The number of carbonyl (C=O) groups is 2. The largest absolute Gasteiger partial charge is 0.347 e. The van der Waals surface area contributed by atoms with Crippen LogP contribution in [0.5, 0.6) is 0 Å². The van der Waals surface area contributed by atoms with Crippen molar-refractivity contribution in [3.05, 3.63) is 143 Å². The second-order valence-electron chi connectivity index (χ2n) is 8.64. The summed E-state index contributed by atoms with van der Waals surface area (Å²) in [5, 5.41) is 10.5. The zero-order chi connectivity index (χ0) is 27.0. The number of rotatable bonds is 8. The molecular formula is C31H24BrN5O2. The van der Waals surface area contributed by atoms with E-state index in [1.54, 1.807) is 53.5 Å². The normalized spacial score (nSPS) is 11.2. The molecule has 8 heteroatoms. The van der Waals surface area contributed by atoms with E-state index in [0.717, 1.165) is 21.3 Å². The summed E-state index contributed by atoms with van der Waals surface area (Å²) in [6.07, 6.45) is 6.85. The third-order valence-corrected chi connectivity index (χ3v) is 6.41. The van der Waals surface area contributed by atoms with Gasteiger partial charge >= 0.3 is 0 Å². The number of benzene rings is 3. The predicted octanol–water partition coefficient (Wildman–Crippen LogP) is 5.78. The number of nitrogens with one attached hydrogen (secondary N) is 2. The fraction of sp³-hybridized carbons (Fsp3) is 0.0323. The Bertz CT molecular complexity index is 1600. The number of pyridine rings is 1. The summed E-state index contributed by atoms with van der Waals surface area (Å²) < 4.78 is 2.70. The minimum atomic E-state index is -0.433. The summed E-state index contributed by atoms with van der Waals surface area (Å²) in [5.74, 6) is -0.823. The van der Waals surface area contributed by atoms with Crippen LogP contribution >= 0.6 is 15.9 Å². The third kappa shape index (κ3) is 6.55. The van der Waals surface area contributed by atoms with E-state index in [2.05, 4.69) is 31.5 Å². The standard InChI is InChI=1S/C31H24BrN5O2/c32-26-15-13-23(14-16-26)29-25(21-37(36-29)27-11-5-2-6-12-27)18-28(35-30(38)24-9-3-1-4-10-24)31(39)34-20-22-8-7-17-33-19-22/h1-19,21H,20H2,(H,34,39)(H,35,38)/b28-18-. The zero-order valence-electron chi connectivity index (χ0n) is 20.8. The highest BCUT2D eigenvalue weighted by Crippen LogP contribution is 2.27. The number of halogens is 1. The molecule has 2 amide bonds. The van der Waals surface area contributed by atoms with Gasteiger partial charge in [0.15, 0.2) is 0 Å². The monoisotopic (exact) mass is 577 g/mol. The van der Waals surface area contributed by atoms with Gasteiger partial charge in [-0.1, -0.05) is 70.5 Å². The number of amides is 2. The molecule has 7 nitrogen and oxygen atoms in total. The average molecular weight is 578 g/mol. The molecular weight excluding hydrogens is 554 g/mol. The fourth-order valence-corrected chi connectivity index (χ4v) is 4.18. The molecule has 5 aromatic rings. The molecule has 192 valence electrons. The van der Waals surface area contributed by atoms with Gasteiger partial charge in [-0.15, -0.1) is 0 Å². The van der Waals surface area contributed by atoms with E-state index in [4.69, 9.17) is 5.10 Å². The second-order valence-corrected chi connectivity index (χ2v) is 9.56. The lowest BCUT2D eigenvalue weighted by atomic mass is 10.1. The zero-order valence-corrected chi connectivity index (χ0v) is 22.4. The summed E-state index contributed by atoms with van der Waals surface area (Å²) in [6, 6.07) is 29.9. The molecule has 0 spiro atoms. The number of nitrogens with zero attached hydrogens (tertiary/aromatic N) is 3. The highest BCUT2D eigenvalue weighted by Gasteiger charge is 2.18. The topological polar surface area (TPSA) is 88.9 Å². The van der Waals surface area contributed by atoms with Crippen LogP contribution in [0.2, 0.25) is 0 Å². The molecule has 0 atom stereocenters. The first-order chi connectivity index (χ1) is 19.1. The Kier molecular flexibility index (Phi) is 8.04. The highest BCUT2D eigenvalue weighted by molar-refractivity contribution is 9.10. The van der Waals surface area contributed by atoms with Gasteiger partial charge in [0.05, 0.1) is 5.69 Å². The second kappa shape index (κ2) is 12.1. The molecule has 0 saturated carbocycles. The van der Waals surface area contributed by atoms with Crippen LogP contribution in [0.25, 0.3) is 23.0 Å². The molecule has 3 aromatic carbocycles. The lowest BCUT2D eigenvalue weighted by molar-refractivity contribution is -0.117. The molecule has 0 fully saturated rings. The van der Waals surface area contributed by atoms with Crippen molar-refractivity contribution in [1.82, 2.24) is 25.4 Å². The molecule has 0 radical (unpaired) electrons. The average Bonchev–Trinajstić information content (AvgIpc) is 3.41. The van der Waals surface area contributed by atoms with E-state index in [0.29, 0.717) is 16.8 Å². The molecule has 0 saturated heterocycles. The Hall–Kier alpha value is -4.82. The van der Waals surface area contributed by atoms with Crippen LogP contribution in [0, 0.1) is 0 Å². The quantitative estimate of drug-likeness (QED) is 0.229. The smallest absolute Gasteiger partial charge is 0.268 e. The van der Waals surface area contributed by atoms with Crippen LogP contribution in [-0.4, -0.2) is 26.6 Å². The van der Waals surface area contributed by atoms with Crippen molar-refractivity contribution in [3.63, 3.8) is 0 Å². The maximum Gasteiger partial charge on any atom is 0.268 e. The molecule has 2 N–H and O–H groups in total.